The molecule has 0 aliphatic carbocycles. The van der Waals surface area contributed by atoms with Gasteiger partial charge in [0.25, 0.3) is 11.5 Å². The van der Waals surface area contributed by atoms with Gasteiger partial charge in [0, 0.05) is 16.1 Å². The Morgan fingerprint density at radius 1 is 1.17 bits per heavy atom. The molecule has 0 aliphatic rings. The fourth-order valence-electron chi connectivity index (χ4n) is 2.29. The van der Waals surface area contributed by atoms with Crippen molar-refractivity contribution in [2.75, 3.05) is 5.32 Å². The molecule has 0 spiro atoms. The summed E-state index contributed by atoms with van der Waals surface area (Å²) in [5, 5.41) is 13.7. The average Bonchev–Trinajstić information content (AvgIpc) is 2.49. The van der Waals surface area contributed by atoms with Crippen molar-refractivity contribution in [2.24, 2.45) is 0 Å². The van der Waals surface area contributed by atoms with Crippen LogP contribution in [0.4, 0.5) is 5.69 Å². The number of aromatic hydroxyl groups is 1. The van der Waals surface area contributed by atoms with Gasteiger partial charge < -0.3 is 15.4 Å². The highest BCUT2D eigenvalue weighted by atomic mass is 35.5. The lowest BCUT2D eigenvalue weighted by Crippen LogP contribution is -2.23. The second kappa shape index (κ2) is 5.78. The van der Waals surface area contributed by atoms with Crippen molar-refractivity contribution < 1.29 is 9.90 Å². The summed E-state index contributed by atoms with van der Waals surface area (Å²) < 4.78 is 0. The summed E-state index contributed by atoms with van der Waals surface area (Å²) in [6.45, 7) is 1.93. The van der Waals surface area contributed by atoms with E-state index in [1.807, 2.05) is 19.1 Å². The second-order valence-electron chi connectivity index (χ2n) is 5.19. The van der Waals surface area contributed by atoms with E-state index in [9.17, 15) is 14.7 Å². The monoisotopic (exact) mass is 328 g/mol. The number of aromatic nitrogens is 1. The number of halogens is 1. The number of aromatic amines is 1. The molecule has 3 rings (SSSR count). The van der Waals surface area contributed by atoms with E-state index < -0.39 is 11.5 Å². The summed E-state index contributed by atoms with van der Waals surface area (Å²) >= 11 is 5.86. The first-order valence-corrected chi connectivity index (χ1v) is 7.26. The molecule has 0 saturated carbocycles. The van der Waals surface area contributed by atoms with E-state index in [2.05, 4.69) is 10.3 Å². The number of carbonyl (C=O) groups is 1. The number of amides is 1. The second-order valence-corrected chi connectivity index (χ2v) is 5.62. The zero-order valence-electron chi connectivity index (χ0n) is 12.2. The maximum atomic E-state index is 12.3. The Balaban J connectivity index is 2.05. The van der Waals surface area contributed by atoms with E-state index in [0.717, 1.165) is 5.56 Å². The molecule has 6 heteroatoms. The van der Waals surface area contributed by atoms with Gasteiger partial charge in [-0.3, -0.25) is 9.59 Å². The van der Waals surface area contributed by atoms with Crippen molar-refractivity contribution in [2.45, 2.75) is 6.92 Å². The zero-order chi connectivity index (χ0) is 16.6. The molecule has 0 aliphatic heterocycles. The minimum absolute atomic E-state index is 0.333. The molecular formula is C17H13ClN2O3. The molecule has 0 bridgehead atoms. The highest BCUT2D eigenvalue weighted by molar-refractivity contribution is 6.31. The van der Waals surface area contributed by atoms with Crippen LogP contribution in [0.1, 0.15) is 15.9 Å². The molecule has 116 valence electrons. The Hall–Kier alpha value is -2.79. The summed E-state index contributed by atoms with van der Waals surface area (Å²) in [4.78, 5) is 27.0. The SMILES string of the molecule is Cc1ccc(NC(=O)c2c(O)c3ccc(Cl)cc3[nH]c2=O)cc1. The number of carbonyl (C=O) groups excluding carboxylic acids is 1. The number of fused-ring (bicyclic) bond motifs is 1. The molecule has 0 atom stereocenters. The Morgan fingerprint density at radius 3 is 2.57 bits per heavy atom. The van der Waals surface area contributed by atoms with E-state index in [1.165, 1.54) is 6.07 Å². The smallest absolute Gasteiger partial charge is 0.265 e. The molecular weight excluding hydrogens is 316 g/mol. The molecule has 3 aromatic rings. The van der Waals surface area contributed by atoms with Crippen LogP contribution in [0.3, 0.4) is 0 Å². The third-order valence-electron chi connectivity index (χ3n) is 3.49. The minimum atomic E-state index is -0.679. The number of benzene rings is 2. The lowest BCUT2D eigenvalue weighted by Gasteiger charge is -2.09. The Labute approximate surface area is 136 Å². The largest absolute Gasteiger partial charge is 0.506 e. The molecule has 1 amide bonds. The maximum Gasteiger partial charge on any atom is 0.265 e. The lowest BCUT2D eigenvalue weighted by atomic mass is 10.1. The van der Waals surface area contributed by atoms with Gasteiger partial charge in [-0.25, -0.2) is 0 Å². The van der Waals surface area contributed by atoms with E-state index in [1.54, 1.807) is 24.3 Å². The lowest BCUT2D eigenvalue weighted by molar-refractivity contribution is 0.102. The van der Waals surface area contributed by atoms with Crippen LogP contribution in [0, 0.1) is 6.92 Å². The number of H-pyrrole nitrogens is 1. The van der Waals surface area contributed by atoms with E-state index in [-0.39, 0.29) is 11.3 Å². The van der Waals surface area contributed by atoms with Crippen molar-refractivity contribution >= 4 is 34.1 Å². The fourth-order valence-corrected chi connectivity index (χ4v) is 2.47. The Morgan fingerprint density at radius 2 is 1.87 bits per heavy atom. The quantitative estimate of drug-likeness (QED) is 0.674. The van der Waals surface area contributed by atoms with Crippen LogP contribution < -0.4 is 10.9 Å². The van der Waals surface area contributed by atoms with Gasteiger partial charge in [0.2, 0.25) is 0 Å². The van der Waals surface area contributed by atoms with Crippen LogP contribution in [0.5, 0.6) is 5.75 Å². The van der Waals surface area contributed by atoms with Gasteiger partial charge in [-0.1, -0.05) is 29.3 Å². The molecule has 5 nitrogen and oxygen atoms in total. The van der Waals surface area contributed by atoms with Crippen molar-refractivity contribution in [1.82, 2.24) is 4.98 Å². The molecule has 23 heavy (non-hydrogen) atoms. The van der Waals surface area contributed by atoms with Crippen LogP contribution in [0.2, 0.25) is 5.02 Å². The minimum Gasteiger partial charge on any atom is -0.506 e. The van der Waals surface area contributed by atoms with E-state index in [4.69, 9.17) is 11.6 Å². The van der Waals surface area contributed by atoms with Gasteiger partial charge in [-0.15, -0.1) is 0 Å². The number of rotatable bonds is 2. The van der Waals surface area contributed by atoms with Gasteiger partial charge >= 0.3 is 0 Å². The van der Waals surface area contributed by atoms with Crippen molar-refractivity contribution in [3.05, 3.63) is 69.0 Å². The number of anilines is 1. The Bertz CT molecular complexity index is 962. The molecule has 0 unspecified atom stereocenters. The van der Waals surface area contributed by atoms with Gasteiger partial charge in [0.15, 0.2) is 0 Å². The molecule has 1 heterocycles. The number of hydrogen-bond donors (Lipinski definition) is 3. The number of hydrogen-bond acceptors (Lipinski definition) is 3. The predicted octanol–water partition coefficient (Wildman–Crippen LogP) is 3.45. The Kier molecular flexibility index (Phi) is 3.80. The first kappa shape index (κ1) is 15.1. The van der Waals surface area contributed by atoms with Gasteiger partial charge in [-0.2, -0.15) is 0 Å². The summed E-state index contributed by atoms with van der Waals surface area (Å²) in [7, 11) is 0. The van der Waals surface area contributed by atoms with E-state index in [0.29, 0.717) is 21.6 Å². The van der Waals surface area contributed by atoms with Gasteiger partial charge in [0.1, 0.15) is 11.3 Å². The summed E-state index contributed by atoms with van der Waals surface area (Å²) in [6.07, 6.45) is 0. The van der Waals surface area contributed by atoms with Gasteiger partial charge in [-0.05, 0) is 37.3 Å². The molecule has 2 aromatic carbocycles. The fraction of sp³-hybridized carbons (Fsp3) is 0.0588. The normalized spacial score (nSPS) is 10.7. The topological polar surface area (TPSA) is 82.2 Å². The van der Waals surface area contributed by atoms with Gasteiger partial charge in [0.05, 0.1) is 5.52 Å². The third kappa shape index (κ3) is 2.91. The number of aryl methyl sites for hydroxylation is 1. The van der Waals surface area contributed by atoms with Crippen molar-refractivity contribution in [3.8, 4) is 5.75 Å². The zero-order valence-corrected chi connectivity index (χ0v) is 12.9. The first-order valence-electron chi connectivity index (χ1n) is 6.88. The molecule has 1 aromatic heterocycles. The highest BCUT2D eigenvalue weighted by Crippen LogP contribution is 2.27. The van der Waals surface area contributed by atoms with Crippen LogP contribution in [0.25, 0.3) is 10.9 Å². The molecule has 0 fully saturated rings. The molecule has 3 N–H and O–H groups in total. The molecule has 0 radical (unpaired) electrons. The summed E-state index contributed by atoms with van der Waals surface area (Å²) in [5.41, 5.74) is 0.941. The first-order chi connectivity index (χ1) is 11.0. The standard InChI is InChI=1S/C17H13ClN2O3/c1-9-2-5-11(6-3-9)19-16(22)14-15(21)12-7-4-10(18)8-13(12)20-17(14)23/h2-8H,1H3,(H,19,22)(H2,20,21,23). The maximum absolute atomic E-state index is 12.3. The summed E-state index contributed by atoms with van der Waals surface area (Å²) in [6, 6.07) is 11.7. The summed E-state index contributed by atoms with van der Waals surface area (Å²) in [5.74, 6) is -1.05. The molecule has 0 saturated heterocycles. The van der Waals surface area contributed by atoms with Crippen LogP contribution in [0.15, 0.2) is 47.3 Å². The van der Waals surface area contributed by atoms with Crippen molar-refractivity contribution in [1.29, 1.82) is 0 Å². The average molecular weight is 329 g/mol. The highest BCUT2D eigenvalue weighted by Gasteiger charge is 2.19. The van der Waals surface area contributed by atoms with Crippen LogP contribution >= 0.6 is 11.6 Å². The predicted molar refractivity (Wildman–Crippen MR) is 90.4 cm³/mol. The van der Waals surface area contributed by atoms with Crippen LogP contribution in [-0.2, 0) is 0 Å². The van der Waals surface area contributed by atoms with Crippen LogP contribution in [-0.4, -0.2) is 16.0 Å². The number of pyridine rings is 1. The third-order valence-corrected chi connectivity index (χ3v) is 3.72. The van der Waals surface area contributed by atoms with Crippen molar-refractivity contribution in [3.63, 3.8) is 0 Å². The van der Waals surface area contributed by atoms with E-state index >= 15 is 0 Å². The number of nitrogens with one attached hydrogen (secondary N) is 2.